The van der Waals surface area contributed by atoms with Crippen molar-refractivity contribution in [1.29, 1.82) is 0 Å². The number of nitrogens with zero attached hydrogens (tertiary/aromatic N) is 4. The molecule has 2 aliphatic carbocycles. The fourth-order valence-electron chi connectivity index (χ4n) is 16.7. The largest absolute Gasteiger partial charge is 0.497 e. The number of sulfonamides is 4. The molecule has 4 saturated heterocycles. The van der Waals surface area contributed by atoms with Crippen molar-refractivity contribution < 1.29 is 87.0 Å². The SMILES string of the molecule is COc1ccc(Cl)cc1S(=O)(=O)N1CCC(C2=CCc3c(C)cccc32)CC1.COc1ccc2[nH]cc(C3CCN(S(=O)(=O)c4ccc(C(F)(F)F)cc4Cl)CC3)c2c1.Cc1cccc2c1CC=C2C1CCN(S(=O)(=O)c2c(Cl)cccc2Cl)CC1.O=S(=O)(c1cc(C(F)(F)F)cc(C(F)(F)F)c1)N1CCC(c2c[nH]c3ccc(F)cc23)CC1. The summed E-state index contributed by atoms with van der Waals surface area (Å²) in [6.07, 6.45) is 0.310. The minimum Gasteiger partial charge on any atom is -0.497 e. The summed E-state index contributed by atoms with van der Waals surface area (Å²) in [5, 5.41) is 1.98. The first-order chi connectivity index (χ1) is 56.2. The van der Waals surface area contributed by atoms with Gasteiger partial charge in [0.25, 0.3) is 0 Å². The molecule has 6 heterocycles. The number of allylic oxidation sites excluding steroid dienone is 4. The summed E-state index contributed by atoms with van der Waals surface area (Å²) in [4.78, 5) is 5.04. The van der Waals surface area contributed by atoms with Crippen LogP contribution in [-0.2, 0) is 71.5 Å². The Morgan fingerprint density at radius 2 is 0.840 bits per heavy atom. The molecule has 16 nitrogen and oxygen atoms in total. The maximum atomic E-state index is 13.6. The van der Waals surface area contributed by atoms with E-state index in [9.17, 15) is 77.6 Å². The van der Waals surface area contributed by atoms with Crippen LogP contribution >= 0.6 is 46.4 Å². The van der Waals surface area contributed by atoms with Crippen molar-refractivity contribution in [1.82, 2.24) is 27.2 Å². The van der Waals surface area contributed by atoms with E-state index in [4.69, 9.17) is 55.9 Å². The molecule has 2 N–H and O–H groups in total. The third kappa shape index (κ3) is 19.0. The van der Waals surface area contributed by atoms with Gasteiger partial charge in [-0.2, -0.15) is 56.7 Å². The first-order valence-electron chi connectivity index (χ1n) is 38.1. The number of H-pyrrole nitrogens is 2. The molecule has 0 atom stereocenters. The number of piperidine rings is 4. The van der Waals surface area contributed by atoms with Crippen molar-refractivity contribution in [3.63, 3.8) is 0 Å². The summed E-state index contributed by atoms with van der Waals surface area (Å²) in [5.74, 6) is 1.42. The molecular weight excluding hydrogens is 1730 g/mol. The van der Waals surface area contributed by atoms with Crippen molar-refractivity contribution in [2.24, 2.45) is 11.8 Å². The number of hydrogen-bond donors (Lipinski definition) is 2. The lowest BCUT2D eigenvalue weighted by Gasteiger charge is -2.32. The number of benzene rings is 8. The zero-order valence-corrected chi connectivity index (χ0v) is 70.8. The standard InChI is InChI=1S/C22H24ClNO3S.C21H21Cl2NO2S.C21H20ClF3N2O3S.C21H17F7N2O2S/c1-15-4-3-5-20-18(15)7-8-19(20)16-10-12-24(13-11-16)28(25,26)22-14-17(23)6-9-21(22)27-2;1-14-4-2-5-18-16(14)8-9-17(18)15-10-12-24(13-11-15)27(25,26)21-19(22)6-3-7-20(21)23;1-30-15-3-4-19-16(11-15)17(12-26-19)13-6-8-27(9-7-13)31(28,29)20-5-2-14(10-18(20)22)21(23,24)25;22-15-1-2-19-17(10-15)18(11-29-19)12-3-5-30(6-4-12)33(31,32)16-8-13(20(23,24)25)7-14(9-16)21(26,27)28/h3-6,8-9,14,16H,7,10-13H2,1-2H3;2-7,9,15H,8,10-13H2,1H3;2-5,10-13,26H,6-9H2,1H3;1-2,7-12,29H,3-6H2. The monoisotopic (exact) mass is 1800 g/mol. The molecule has 16 rings (SSSR count). The number of fused-ring (bicyclic) bond motifs is 4. The molecular formula is C85H82Cl4F10N6O10S4. The van der Waals surface area contributed by atoms with Crippen LogP contribution < -0.4 is 9.47 Å². The molecule has 0 saturated carbocycles. The van der Waals surface area contributed by atoms with Gasteiger partial charge in [0.15, 0.2) is 0 Å². The van der Waals surface area contributed by atoms with Crippen molar-refractivity contribution in [3.8, 4) is 11.5 Å². The number of aromatic nitrogens is 2. The first kappa shape index (κ1) is 88.8. The predicted molar refractivity (Wildman–Crippen MR) is 441 cm³/mol. The van der Waals surface area contributed by atoms with Crippen LogP contribution in [-0.4, -0.2) is 127 Å². The average Bonchev–Trinajstić information content (AvgIpc) is 1.19. The van der Waals surface area contributed by atoms with Crippen LogP contribution in [0.25, 0.3) is 33.0 Å². The van der Waals surface area contributed by atoms with Gasteiger partial charge in [-0.05, 0) is 261 Å². The Morgan fingerprint density at radius 1 is 0.412 bits per heavy atom. The second-order valence-corrected chi connectivity index (χ2v) is 39.2. The van der Waals surface area contributed by atoms with Gasteiger partial charge in [0.1, 0.15) is 32.0 Å². The topological polar surface area (TPSA) is 200 Å². The summed E-state index contributed by atoms with van der Waals surface area (Å²) < 4.78 is 251. The number of aryl methyl sites for hydroxylation is 2. The van der Waals surface area contributed by atoms with E-state index in [1.807, 2.05) is 24.4 Å². The van der Waals surface area contributed by atoms with Crippen molar-refractivity contribution in [2.45, 2.75) is 128 Å². The van der Waals surface area contributed by atoms with Crippen LogP contribution in [0.3, 0.4) is 0 Å². The average molecular weight is 1810 g/mol. The number of ether oxygens (including phenoxy) is 2. The first-order valence-corrected chi connectivity index (χ1v) is 45.4. The number of methoxy groups -OCH3 is 2. The quantitative estimate of drug-likeness (QED) is 0.0987. The number of rotatable bonds is 14. The molecule has 8 aromatic carbocycles. The molecule has 4 fully saturated rings. The van der Waals surface area contributed by atoms with Crippen molar-refractivity contribution >= 4 is 119 Å². The summed E-state index contributed by atoms with van der Waals surface area (Å²) in [7, 11) is -12.8. The molecule has 0 amide bonds. The Hall–Kier alpha value is -7.98. The van der Waals surface area contributed by atoms with Gasteiger partial charge in [-0.3, -0.25) is 0 Å². The van der Waals surface area contributed by atoms with E-state index in [-0.39, 0.29) is 93.8 Å². The summed E-state index contributed by atoms with van der Waals surface area (Å²) in [6.45, 7) is 6.56. The number of aromatic amines is 2. The van der Waals surface area contributed by atoms with Crippen molar-refractivity contribution in [3.05, 3.63) is 257 Å². The molecule has 119 heavy (non-hydrogen) atoms. The highest BCUT2D eigenvalue weighted by molar-refractivity contribution is 7.90. The van der Waals surface area contributed by atoms with E-state index in [1.165, 1.54) is 78.4 Å². The van der Waals surface area contributed by atoms with Gasteiger partial charge in [0, 0.05) is 91.6 Å². The molecule has 0 unspecified atom stereocenters. The van der Waals surface area contributed by atoms with E-state index in [1.54, 1.807) is 54.0 Å². The number of alkyl halides is 9. The second-order valence-electron chi connectivity index (χ2n) is 30.0. The van der Waals surface area contributed by atoms with E-state index in [2.05, 4.69) is 72.4 Å². The molecule has 0 spiro atoms. The maximum absolute atomic E-state index is 13.6. The lowest BCUT2D eigenvalue weighted by atomic mass is 9.86. The highest BCUT2D eigenvalue weighted by Gasteiger charge is 2.43. The molecule has 2 aromatic heterocycles. The van der Waals surface area contributed by atoms with Crippen LogP contribution in [0.5, 0.6) is 11.5 Å². The van der Waals surface area contributed by atoms with Crippen LogP contribution in [0.4, 0.5) is 43.9 Å². The lowest BCUT2D eigenvalue weighted by molar-refractivity contribution is -0.143. The summed E-state index contributed by atoms with van der Waals surface area (Å²) in [6, 6.07) is 35.0. The highest BCUT2D eigenvalue weighted by atomic mass is 35.5. The van der Waals surface area contributed by atoms with E-state index in [0.29, 0.717) is 78.6 Å². The minimum absolute atomic E-state index is 0.0211. The van der Waals surface area contributed by atoms with E-state index < -0.39 is 91.0 Å². The van der Waals surface area contributed by atoms with Crippen LogP contribution in [0.2, 0.25) is 20.1 Å². The van der Waals surface area contributed by atoms with Gasteiger partial charge >= 0.3 is 18.5 Å². The number of hydrogen-bond acceptors (Lipinski definition) is 10. The molecule has 34 heteroatoms. The Kier molecular flexibility index (Phi) is 26.5. The highest BCUT2D eigenvalue weighted by Crippen LogP contribution is 2.47. The number of nitrogens with one attached hydrogen (secondary N) is 2. The summed E-state index contributed by atoms with van der Waals surface area (Å²) >= 11 is 24.2. The smallest absolute Gasteiger partial charge is 0.416 e. The zero-order chi connectivity index (χ0) is 85.6. The number of halogens is 14. The summed E-state index contributed by atoms with van der Waals surface area (Å²) in [5.41, 5.74) is 10.1. The van der Waals surface area contributed by atoms with Gasteiger partial charge in [-0.15, -0.1) is 0 Å². The zero-order valence-electron chi connectivity index (χ0n) is 64.5. The Labute approximate surface area is 703 Å². The van der Waals surface area contributed by atoms with Gasteiger partial charge in [0.2, 0.25) is 40.1 Å². The van der Waals surface area contributed by atoms with Gasteiger partial charge < -0.3 is 19.4 Å². The molecule has 634 valence electrons. The van der Waals surface area contributed by atoms with Crippen molar-refractivity contribution in [2.75, 3.05) is 66.6 Å². The van der Waals surface area contributed by atoms with E-state index >= 15 is 0 Å². The molecule has 4 aliphatic heterocycles. The van der Waals surface area contributed by atoms with E-state index in [0.717, 1.165) is 82.7 Å². The van der Waals surface area contributed by atoms with Gasteiger partial charge in [-0.1, -0.05) is 101 Å². The molecule has 10 aromatic rings. The van der Waals surface area contributed by atoms with Gasteiger partial charge in [0.05, 0.1) is 50.9 Å². The maximum Gasteiger partial charge on any atom is 0.416 e. The van der Waals surface area contributed by atoms with Crippen LogP contribution in [0.15, 0.2) is 190 Å². The third-order valence-corrected chi connectivity index (χ3v) is 32.3. The van der Waals surface area contributed by atoms with Crippen LogP contribution in [0.1, 0.15) is 124 Å². The molecule has 6 aliphatic rings. The van der Waals surface area contributed by atoms with Crippen LogP contribution in [0, 0.1) is 31.5 Å². The third-order valence-electron chi connectivity index (χ3n) is 23.0. The Morgan fingerprint density at radius 3 is 1.29 bits per heavy atom. The molecule has 0 bridgehead atoms. The fraction of sp³-hybridized carbons (Fsp3) is 0.341. The minimum atomic E-state index is -5.15. The lowest BCUT2D eigenvalue weighted by Crippen LogP contribution is -2.38. The fourth-order valence-corrected chi connectivity index (χ4v) is 24.6. The second kappa shape index (κ2) is 35.5. The predicted octanol–water partition coefficient (Wildman–Crippen LogP) is 21.4. The Bertz CT molecular complexity index is 5980. The molecule has 0 radical (unpaired) electrons. The Balaban J connectivity index is 0.000000138. The van der Waals surface area contributed by atoms with Gasteiger partial charge in [-0.25, -0.2) is 38.1 Å². The normalized spacial score (nSPS) is 17.5.